The van der Waals surface area contributed by atoms with Crippen molar-refractivity contribution in [1.82, 2.24) is 34.9 Å². The van der Waals surface area contributed by atoms with Crippen LogP contribution in [0.4, 0.5) is 11.9 Å². The summed E-state index contributed by atoms with van der Waals surface area (Å²) in [5.41, 5.74) is 2.72. The van der Waals surface area contributed by atoms with E-state index in [-0.39, 0.29) is 0 Å². The predicted octanol–water partition coefficient (Wildman–Crippen LogP) is 5.99. The van der Waals surface area contributed by atoms with Crippen LogP contribution in [-0.4, -0.2) is 61.1 Å². The van der Waals surface area contributed by atoms with Crippen LogP contribution in [0, 0.1) is 0 Å². The predicted molar refractivity (Wildman–Crippen MR) is 158 cm³/mol. The van der Waals surface area contributed by atoms with E-state index in [9.17, 15) is 0 Å². The number of furan rings is 2. The van der Waals surface area contributed by atoms with Crippen molar-refractivity contribution in [2.24, 2.45) is 0 Å². The molecule has 6 rings (SSSR count). The van der Waals surface area contributed by atoms with Crippen LogP contribution in [0.25, 0.3) is 51.6 Å². The fraction of sp³-hybridized carbons (Fsp3) is 0.267. The van der Waals surface area contributed by atoms with Gasteiger partial charge in [0.15, 0.2) is 28.7 Å². The molecule has 5 aromatic heterocycles. The molecule has 0 saturated heterocycles. The summed E-state index contributed by atoms with van der Waals surface area (Å²) in [5, 5.41) is 8.75. The van der Waals surface area contributed by atoms with Crippen molar-refractivity contribution in [3.05, 3.63) is 67.3 Å². The lowest BCUT2D eigenvalue weighted by atomic mass is 10.2. The van der Waals surface area contributed by atoms with Crippen molar-refractivity contribution in [1.29, 1.82) is 0 Å². The van der Waals surface area contributed by atoms with Crippen molar-refractivity contribution in [3.8, 4) is 51.6 Å². The van der Waals surface area contributed by atoms with Gasteiger partial charge in [0.1, 0.15) is 0 Å². The Bertz CT molecular complexity index is 1650. The Balaban J connectivity index is 1.30. The van der Waals surface area contributed by atoms with Gasteiger partial charge in [-0.3, -0.25) is 0 Å². The number of rotatable bonds is 11. The third-order valence-electron chi connectivity index (χ3n) is 6.93. The van der Waals surface area contributed by atoms with Crippen molar-refractivity contribution in [2.75, 3.05) is 36.0 Å². The number of nitrogens with zero attached hydrogens (tertiary/aromatic N) is 9. The standard InChI is InChI=1S/C30H31N9O3/c1-5-37(6-2)29-32-27(33-30(34-29)38(7-3)8-4)22-19-39(36-35-22)21-15-13-20(14-16-21)28-31-25(23-11-9-17-40-23)26(42-28)24-12-10-18-41-24/h9-19H,5-8H2,1-4H3. The summed E-state index contributed by atoms with van der Waals surface area (Å²) in [6.07, 6.45) is 5.01. The van der Waals surface area contributed by atoms with E-state index < -0.39 is 0 Å². The highest BCUT2D eigenvalue weighted by molar-refractivity contribution is 5.74. The summed E-state index contributed by atoms with van der Waals surface area (Å²) >= 11 is 0. The van der Waals surface area contributed by atoms with E-state index in [0.29, 0.717) is 52.3 Å². The average Bonchev–Trinajstić information content (AvgIpc) is 3.85. The molecule has 0 unspecified atom stereocenters. The van der Waals surface area contributed by atoms with E-state index in [1.54, 1.807) is 23.3 Å². The minimum atomic E-state index is 0.441. The molecule has 0 saturated carbocycles. The van der Waals surface area contributed by atoms with Gasteiger partial charge in [0.25, 0.3) is 0 Å². The van der Waals surface area contributed by atoms with Crippen LogP contribution in [0.2, 0.25) is 0 Å². The Labute approximate surface area is 242 Å². The van der Waals surface area contributed by atoms with E-state index in [4.69, 9.17) is 33.2 Å². The first-order valence-electron chi connectivity index (χ1n) is 14.0. The van der Waals surface area contributed by atoms with Gasteiger partial charge in [-0.2, -0.15) is 15.0 Å². The van der Waals surface area contributed by atoms with Crippen molar-refractivity contribution in [2.45, 2.75) is 27.7 Å². The third-order valence-corrected chi connectivity index (χ3v) is 6.93. The molecule has 0 atom stereocenters. The second kappa shape index (κ2) is 11.7. The van der Waals surface area contributed by atoms with Crippen LogP contribution in [0.1, 0.15) is 27.7 Å². The molecule has 0 spiro atoms. The highest BCUT2D eigenvalue weighted by atomic mass is 16.4. The smallest absolute Gasteiger partial charge is 0.230 e. The van der Waals surface area contributed by atoms with E-state index >= 15 is 0 Å². The van der Waals surface area contributed by atoms with E-state index in [0.717, 1.165) is 37.4 Å². The normalized spacial score (nSPS) is 11.2. The fourth-order valence-corrected chi connectivity index (χ4v) is 4.61. The molecule has 12 nitrogen and oxygen atoms in total. The minimum Gasteiger partial charge on any atom is -0.463 e. The number of aromatic nitrogens is 7. The fourth-order valence-electron chi connectivity index (χ4n) is 4.61. The molecule has 0 N–H and O–H groups in total. The zero-order chi connectivity index (χ0) is 29.1. The molecule has 0 radical (unpaired) electrons. The van der Waals surface area contributed by atoms with Gasteiger partial charge in [0.2, 0.25) is 23.5 Å². The molecule has 214 valence electrons. The highest BCUT2D eigenvalue weighted by Gasteiger charge is 2.22. The summed E-state index contributed by atoms with van der Waals surface area (Å²) in [6.45, 7) is 11.5. The van der Waals surface area contributed by atoms with Crippen LogP contribution in [0.5, 0.6) is 0 Å². The lowest BCUT2D eigenvalue weighted by molar-refractivity contribution is 0.527. The zero-order valence-electron chi connectivity index (χ0n) is 23.9. The van der Waals surface area contributed by atoms with Crippen molar-refractivity contribution in [3.63, 3.8) is 0 Å². The van der Waals surface area contributed by atoms with Gasteiger partial charge in [-0.15, -0.1) is 5.10 Å². The first-order valence-corrected chi connectivity index (χ1v) is 14.0. The lowest BCUT2D eigenvalue weighted by Gasteiger charge is -2.23. The average molecular weight is 566 g/mol. The molecule has 0 bridgehead atoms. The summed E-state index contributed by atoms with van der Waals surface area (Å²) in [4.78, 5) is 23.1. The monoisotopic (exact) mass is 565 g/mol. The molecule has 5 heterocycles. The lowest BCUT2D eigenvalue weighted by Crippen LogP contribution is -2.28. The first-order chi connectivity index (χ1) is 20.6. The largest absolute Gasteiger partial charge is 0.463 e. The van der Waals surface area contributed by atoms with Crippen LogP contribution < -0.4 is 9.80 Å². The van der Waals surface area contributed by atoms with Crippen LogP contribution >= 0.6 is 0 Å². The third kappa shape index (κ3) is 5.14. The number of oxazole rings is 1. The molecule has 0 aliphatic carbocycles. The second-order valence-electron chi connectivity index (χ2n) is 9.35. The number of hydrogen-bond donors (Lipinski definition) is 0. The molecule has 1 aromatic carbocycles. The summed E-state index contributed by atoms with van der Waals surface area (Å²) in [6, 6.07) is 15.0. The second-order valence-corrected chi connectivity index (χ2v) is 9.35. The highest BCUT2D eigenvalue weighted by Crippen LogP contribution is 2.36. The Morgan fingerprint density at radius 3 is 1.90 bits per heavy atom. The quantitative estimate of drug-likeness (QED) is 0.184. The molecule has 12 heteroatoms. The van der Waals surface area contributed by atoms with Crippen LogP contribution in [0.15, 0.2) is 80.5 Å². The maximum Gasteiger partial charge on any atom is 0.230 e. The van der Waals surface area contributed by atoms with E-state index in [2.05, 4.69) is 47.8 Å². The Morgan fingerprint density at radius 1 is 0.714 bits per heavy atom. The van der Waals surface area contributed by atoms with Gasteiger partial charge >= 0.3 is 0 Å². The molecule has 6 aromatic rings. The number of hydrogen-bond acceptors (Lipinski definition) is 11. The minimum absolute atomic E-state index is 0.441. The maximum atomic E-state index is 6.14. The zero-order valence-corrected chi connectivity index (χ0v) is 23.9. The molecule has 0 amide bonds. The molecule has 0 aliphatic rings. The summed E-state index contributed by atoms with van der Waals surface area (Å²) in [7, 11) is 0. The topological polar surface area (TPSA) is 128 Å². The number of benzene rings is 1. The van der Waals surface area contributed by atoms with Gasteiger partial charge < -0.3 is 23.1 Å². The van der Waals surface area contributed by atoms with Gasteiger partial charge in [0, 0.05) is 31.7 Å². The van der Waals surface area contributed by atoms with E-state index in [1.807, 2.05) is 48.7 Å². The molecular weight excluding hydrogens is 534 g/mol. The van der Waals surface area contributed by atoms with Crippen LogP contribution in [0.3, 0.4) is 0 Å². The van der Waals surface area contributed by atoms with Crippen LogP contribution in [-0.2, 0) is 0 Å². The Hall–Kier alpha value is -5.26. The van der Waals surface area contributed by atoms with Gasteiger partial charge in [-0.25, -0.2) is 9.67 Å². The Kier molecular flexibility index (Phi) is 7.50. The molecule has 42 heavy (non-hydrogen) atoms. The first kappa shape index (κ1) is 26.9. The molecule has 0 aliphatic heterocycles. The van der Waals surface area contributed by atoms with Crippen molar-refractivity contribution >= 4 is 11.9 Å². The maximum absolute atomic E-state index is 6.14. The van der Waals surface area contributed by atoms with Gasteiger partial charge in [0.05, 0.1) is 24.4 Å². The summed E-state index contributed by atoms with van der Waals surface area (Å²) < 4.78 is 19.0. The van der Waals surface area contributed by atoms with E-state index in [1.165, 1.54) is 0 Å². The summed E-state index contributed by atoms with van der Waals surface area (Å²) in [5.74, 6) is 3.83. The SMILES string of the molecule is CCN(CC)c1nc(-c2cn(-c3ccc(-c4nc(-c5ccco5)c(-c5ccco5)o4)cc3)nn2)nc(N(CC)CC)n1. The van der Waals surface area contributed by atoms with Gasteiger partial charge in [-0.1, -0.05) is 5.21 Å². The molecule has 0 fully saturated rings. The Morgan fingerprint density at radius 2 is 1.33 bits per heavy atom. The van der Waals surface area contributed by atoms with Gasteiger partial charge in [-0.05, 0) is 76.2 Å². The number of anilines is 2. The van der Waals surface area contributed by atoms with Crippen molar-refractivity contribution < 1.29 is 13.3 Å². The molecular formula is C30H31N9O3.